The molecule has 0 unspecified atom stereocenters. The Hall–Kier alpha value is -1.03. The van der Waals surface area contributed by atoms with Crippen molar-refractivity contribution in [2.45, 2.75) is 71.1 Å². The summed E-state index contributed by atoms with van der Waals surface area (Å²) in [6.07, 6.45) is 13.4. The molecule has 1 heterocycles. The van der Waals surface area contributed by atoms with E-state index in [0.717, 1.165) is 50.2 Å². The molecule has 1 aliphatic heterocycles. The van der Waals surface area contributed by atoms with Crippen molar-refractivity contribution in [2.75, 3.05) is 19.8 Å². The average molecular weight is 363 g/mol. The number of carbonyl (C=O) groups is 1. The summed E-state index contributed by atoms with van der Waals surface area (Å²) in [4.78, 5) is 11.8. The lowest BCUT2D eigenvalue weighted by Crippen LogP contribution is -2.46. The fourth-order valence-corrected chi connectivity index (χ4v) is 6.68. The zero-order valence-electron chi connectivity index (χ0n) is 16.2. The van der Waals surface area contributed by atoms with Crippen LogP contribution in [0.25, 0.3) is 0 Å². The van der Waals surface area contributed by atoms with E-state index in [0.29, 0.717) is 24.0 Å². The number of hydrogen-bond donors (Lipinski definition) is 1. The first-order valence-corrected chi connectivity index (χ1v) is 10.6. The SMILES string of the molecule is CCC1(CCCOC=C(CC23CC4CC(CC(C4)C2)C3)C(=O)O)COC1. The molecule has 0 atom stereocenters. The van der Waals surface area contributed by atoms with Gasteiger partial charge < -0.3 is 14.6 Å². The summed E-state index contributed by atoms with van der Waals surface area (Å²) >= 11 is 0. The zero-order chi connectivity index (χ0) is 18.2. The Balaban J connectivity index is 1.30. The summed E-state index contributed by atoms with van der Waals surface area (Å²) in [7, 11) is 0. The lowest BCUT2D eigenvalue weighted by molar-refractivity contribution is -0.134. The molecule has 146 valence electrons. The van der Waals surface area contributed by atoms with Crippen LogP contribution in [0.15, 0.2) is 11.8 Å². The second kappa shape index (κ2) is 7.18. The van der Waals surface area contributed by atoms with E-state index in [9.17, 15) is 9.90 Å². The van der Waals surface area contributed by atoms with Gasteiger partial charge in [-0.15, -0.1) is 0 Å². The van der Waals surface area contributed by atoms with Gasteiger partial charge in [0.05, 0.1) is 31.7 Å². The highest BCUT2D eigenvalue weighted by atomic mass is 16.5. The van der Waals surface area contributed by atoms with E-state index in [2.05, 4.69) is 6.92 Å². The van der Waals surface area contributed by atoms with Gasteiger partial charge >= 0.3 is 5.97 Å². The number of rotatable bonds is 9. The topological polar surface area (TPSA) is 55.8 Å². The molecule has 4 bridgehead atoms. The molecule has 4 saturated carbocycles. The van der Waals surface area contributed by atoms with Gasteiger partial charge in [0, 0.05) is 5.41 Å². The average Bonchev–Trinajstić information content (AvgIpc) is 2.54. The number of carboxylic acids is 1. The third kappa shape index (κ3) is 3.67. The molecule has 1 saturated heterocycles. The van der Waals surface area contributed by atoms with Gasteiger partial charge in [-0.25, -0.2) is 4.79 Å². The molecule has 0 spiro atoms. The van der Waals surface area contributed by atoms with Crippen LogP contribution in [-0.4, -0.2) is 30.9 Å². The quantitative estimate of drug-likeness (QED) is 0.364. The van der Waals surface area contributed by atoms with Gasteiger partial charge in [-0.05, 0) is 87.4 Å². The minimum atomic E-state index is -0.793. The highest BCUT2D eigenvalue weighted by molar-refractivity contribution is 5.86. The van der Waals surface area contributed by atoms with Crippen LogP contribution in [0.4, 0.5) is 0 Å². The van der Waals surface area contributed by atoms with Crippen LogP contribution in [0.1, 0.15) is 71.1 Å². The van der Waals surface area contributed by atoms with Gasteiger partial charge in [0.25, 0.3) is 0 Å². The Morgan fingerprint density at radius 2 is 1.77 bits per heavy atom. The molecule has 5 aliphatic rings. The van der Waals surface area contributed by atoms with E-state index in [1.165, 1.54) is 38.5 Å². The number of carboxylic acid groups (broad SMARTS) is 1. The number of hydrogen-bond acceptors (Lipinski definition) is 3. The van der Waals surface area contributed by atoms with Crippen molar-refractivity contribution in [1.82, 2.24) is 0 Å². The van der Waals surface area contributed by atoms with Crippen LogP contribution in [0, 0.1) is 28.6 Å². The van der Waals surface area contributed by atoms with Crippen LogP contribution < -0.4 is 0 Å². The normalized spacial score (nSPS) is 37.4. The molecule has 4 nitrogen and oxygen atoms in total. The molecule has 4 aliphatic carbocycles. The lowest BCUT2D eigenvalue weighted by Gasteiger charge is -2.57. The minimum absolute atomic E-state index is 0.248. The first kappa shape index (κ1) is 18.3. The summed E-state index contributed by atoms with van der Waals surface area (Å²) in [5.41, 5.74) is 1.09. The van der Waals surface area contributed by atoms with Gasteiger partial charge in [0.2, 0.25) is 0 Å². The Morgan fingerprint density at radius 1 is 1.15 bits per heavy atom. The van der Waals surface area contributed by atoms with E-state index in [1.807, 2.05) is 0 Å². The fraction of sp³-hybridized carbons (Fsp3) is 0.864. The zero-order valence-corrected chi connectivity index (χ0v) is 16.2. The standard InChI is InChI=1S/C22H34O4/c1-2-21(14-26-15-21)4-3-5-25-13-19(20(23)24)12-22-9-16-6-17(10-22)8-18(7-16)11-22/h13,16-18H,2-12,14-15H2,1H3,(H,23,24). The summed E-state index contributed by atoms with van der Waals surface area (Å²) in [5, 5.41) is 9.68. The predicted octanol–water partition coefficient (Wildman–Crippen LogP) is 4.78. The predicted molar refractivity (Wildman–Crippen MR) is 99.7 cm³/mol. The van der Waals surface area contributed by atoms with Gasteiger partial charge in [-0.1, -0.05) is 6.92 Å². The molecule has 0 radical (unpaired) electrons. The fourth-order valence-electron chi connectivity index (χ4n) is 6.68. The van der Waals surface area contributed by atoms with Crippen molar-refractivity contribution in [3.05, 3.63) is 11.8 Å². The third-order valence-corrected chi connectivity index (χ3v) is 7.77. The van der Waals surface area contributed by atoms with Crippen LogP contribution in [0.5, 0.6) is 0 Å². The molecule has 0 aromatic heterocycles. The maximum absolute atomic E-state index is 11.8. The van der Waals surface area contributed by atoms with E-state index in [-0.39, 0.29) is 5.41 Å². The van der Waals surface area contributed by atoms with Crippen molar-refractivity contribution < 1.29 is 19.4 Å². The molecule has 4 heteroatoms. The second-order valence-corrected chi connectivity index (χ2v) is 9.86. The molecule has 0 aromatic carbocycles. The van der Waals surface area contributed by atoms with Gasteiger partial charge in [0.15, 0.2) is 0 Å². The molecule has 26 heavy (non-hydrogen) atoms. The summed E-state index contributed by atoms with van der Waals surface area (Å²) in [5.74, 6) is 1.77. The maximum Gasteiger partial charge on any atom is 0.334 e. The van der Waals surface area contributed by atoms with Crippen molar-refractivity contribution in [1.29, 1.82) is 0 Å². The van der Waals surface area contributed by atoms with E-state index in [1.54, 1.807) is 6.26 Å². The summed E-state index contributed by atoms with van der Waals surface area (Å²) < 4.78 is 11.1. The summed E-state index contributed by atoms with van der Waals surface area (Å²) in [6.45, 7) is 4.56. The Kier molecular flexibility index (Phi) is 5.06. The van der Waals surface area contributed by atoms with Crippen LogP contribution in [0.3, 0.4) is 0 Å². The van der Waals surface area contributed by atoms with Crippen molar-refractivity contribution >= 4 is 5.97 Å². The summed E-state index contributed by atoms with van der Waals surface area (Å²) in [6, 6.07) is 0. The van der Waals surface area contributed by atoms with Crippen LogP contribution in [-0.2, 0) is 14.3 Å². The molecular formula is C22H34O4. The van der Waals surface area contributed by atoms with E-state index in [4.69, 9.17) is 9.47 Å². The van der Waals surface area contributed by atoms with Gasteiger partial charge in [-0.3, -0.25) is 0 Å². The van der Waals surface area contributed by atoms with Crippen LogP contribution >= 0.6 is 0 Å². The highest BCUT2D eigenvalue weighted by Gasteiger charge is 2.51. The monoisotopic (exact) mass is 362 g/mol. The molecule has 0 amide bonds. The molecule has 5 rings (SSSR count). The molecule has 0 aromatic rings. The van der Waals surface area contributed by atoms with E-state index < -0.39 is 5.97 Å². The van der Waals surface area contributed by atoms with Crippen LogP contribution in [0.2, 0.25) is 0 Å². The van der Waals surface area contributed by atoms with Crippen molar-refractivity contribution in [3.63, 3.8) is 0 Å². The Bertz CT molecular complexity index is 520. The second-order valence-electron chi connectivity index (χ2n) is 9.86. The first-order chi connectivity index (χ1) is 12.5. The Labute approximate surface area is 157 Å². The maximum atomic E-state index is 11.8. The smallest absolute Gasteiger partial charge is 0.334 e. The third-order valence-electron chi connectivity index (χ3n) is 7.77. The minimum Gasteiger partial charge on any atom is -0.501 e. The first-order valence-electron chi connectivity index (χ1n) is 10.6. The van der Waals surface area contributed by atoms with Gasteiger partial charge in [-0.2, -0.15) is 0 Å². The molecular weight excluding hydrogens is 328 g/mol. The highest BCUT2D eigenvalue weighted by Crippen LogP contribution is 2.62. The van der Waals surface area contributed by atoms with Crippen molar-refractivity contribution in [3.8, 4) is 0 Å². The van der Waals surface area contributed by atoms with Gasteiger partial charge in [0.1, 0.15) is 0 Å². The van der Waals surface area contributed by atoms with Crippen molar-refractivity contribution in [2.24, 2.45) is 28.6 Å². The van der Waals surface area contributed by atoms with E-state index >= 15 is 0 Å². The molecule has 5 fully saturated rings. The largest absolute Gasteiger partial charge is 0.501 e. The Morgan fingerprint density at radius 3 is 2.23 bits per heavy atom. The number of ether oxygens (including phenoxy) is 2. The lowest BCUT2D eigenvalue weighted by atomic mass is 9.48. The molecule has 1 N–H and O–H groups in total. The number of aliphatic carboxylic acids is 1.